The lowest BCUT2D eigenvalue weighted by molar-refractivity contribution is -0.115. The van der Waals surface area contributed by atoms with E-state index in [-0.39, 0.29) is 16.1 Å². The Morgan fingerprint density at radius 1 is 1.03 bits per heavy atom. The van der Waals surface area contributed by atoms with Crippen LogP contribution >= 0.6 is 11.8 Å². The second-order valence-electron chi connectivity index (χ2n) is 7.82. The Kier molecular flexibility index (Phi) is 6.73. The minimum Gasteiger partial charge on any atom is -0.325 e. The SMILES string of the molecule is Cc1cc(C)c2nc(SC(C)C(=O)Nc3ccc(S(=O)(=O)N(C)C)cc3)cc(C)c2c1. The summed E-state index contributed by atoms with van der Waals surface area (Å²) in [5, 5.41) is 4.40. The fourth-order valence-corrected chi connectivity index (χ4v) is 5.09. The number of fused-ring (bicyclic) bond motifs is 1. The fourth-order valence-electron chi connectivity index (χ4n) is 3.27. The number of amides is 1. The molecule has 2 aromatic carbocycles. The summed E-state index contributed by atoms with van der Waals surface area (Å²) in [6.45, 7) is 8.01. The average molecular weight is 458 g/mol. The van der Waals surface area contributed by atoms with Gasteiger partial charge in [-0.05, 0) is 75.2 Å². The number of pyridine rings is 1. The van der Waals surface area contributed by atoms with E-state index in [2.05, 4.69) is 31.3 Å². The number of benzene rings is 2. The third-order valence-electron chi connectivity index (χ3n) is 5.00. The predicted molar refractivity (Wildman–Crippen MR) is 127 cm³/mol. The first kappa shape index (κ1) is 23.2. The standard InChI is InChI=1S/C23H27N3O3S2/c1-14-11-16(3)22-20(12-14)15(2)13-21(25-22)30-17(4)23(27)24-18-7-9-19(10-8-18)31(28,29)26(5)6/h7-13,17H,1-6H3,(H,24,27). The van der Waals surface area contributed by atoms with Crippen LogP contribution in [0.2, 0.25) is 0 Å². The van der Waals surface area contributed by atoms with Gasteiger partial charge in [0.2, 0.25) is 15.9 Å². The molecule has 31 heavy (non-hydrogen) atoms. The Morgan fingerprint density at radius 3 is 2.29 bits per heavy atom. The van der Waals surface area contributed by atoms with E-state index in [0.29, 0.717) is 5.69 Å². The minimum atomic E-state index is -3.50. The smallest absolute Gasteiger partial charge is 0.242 e. The quantitative estimate of drug-likeness (QED) is 0.550. The number of carbonyl (C=O) groups excluding carboxylic acids is 1. The van der Waals surface area contributed by atoms with E-state index in [9.17, 15) is 13.2 Å². The lowest BCUT2D eigenvalue weighted by Gasteiger charge is -2.15. The summed E-state index contributed by atoms with van der Waals surface area (Å²) in [6.07, 6.45) is 0. The lowest BCUT2D eigenvalue weighted by Crippen LogP contribution is -2.23. The Balaban J connectivity index is 1.74. The number of carbonyl (C=O) groups is 1. The highest BCUT2D eigenvalue weighted by atomic mass is 32.2. The first-order valence-corrected chi connectivity index (χ1v) is 12.2. The largest absolute Gasteiger partial charge is 0.325 e. The molecule has 3 aromatic rings. The summed E-state index contributed by atoms with van der Waals surface area (Å²) < 4.78 is 25.5. The van der Waals surface area contributed by atoms with Crippen molar-refractivity contribution in [3.05, 3.63) is 59.2 Å². The third-order valence-corrected chi connectivity index (χ3v) is 7.85. The predicted octanol–water partition coefficient (Wildman–Crippen LogP) is 4.53. The van der Waals surface area contributed by atoms with Gasteiger partial charge in [0.25, 0.3) is 0 Å². The summed E-state index contributed by atoms with van der Waals surface area (Å²) in [6, 6.07) is 12.4. The van der Waals surface area contributed by atoms with Gasteiger partial charge in [0.15, 0.2) is 0 Å². The number of nitrogens with zero attached hydrogens (tertiary/aromatic N) is 2. The van der Waals surface area contributed by atoms with E-state index < -0.39 is 10.0 Å². The number of aromatic nitrogens is 1. The van der Waals surface area contributed by atoms with Crippen molar-refractivity contribution in [1.29, 1.82) is 0 Å². The second-order valence-corrected chi connectivity index (χ2v) is 11.3. The van der Waals surface area contributed by atoms with Crippen molar-refractivity contribution in [3.63, 3.8) is 0 Å². The van der Waals surface area contributed by atoms with Gasteiger partial charge >= 0.3 is 0 Å². The van der Waals surface area contributed by atoms with Crippen LogP contribution < -0.4 is 5.32 Å². The minimum absolute atomic E-state index is 0.173. The number of nitrogens with one attached hydrogen (secondary N) is 1. The van der Waals surface area contributed by atoms with Crippen LogP contribution in [0.25, 0.3) is 10.9 Å². The number of hydrogen-bond donors (Lipinski definition) is 1. The van der Waals surface area contributed by atoms with Gasteiger partial charge in [0.05, 0.1) is 20.7 Å². The monoisotopic (exact) mass is 457 g/mol. The van der Waals surface area contributed by atoms with Crippen molar-refractivity contribution in [2.75, 3.05) is 19.4 Å². The zero-order chi connectivity index (χ0) is 22.9. The molecule has 1 unspecified atom stereocenters. The van der Waals surface area contributed by atoms with Crippen molar-refractivity contribution in [1.82, 2.24) is 9.29 Å². The first-order chi connectivity index (χ1) is 14.5. The van der Waals surface area contributed by atoms with E-state index >= 15 is 0 Å². The molecule has 0 aliphatic rings. The molecule has 0 aliphatic carbocycles. The second kappa shape index (κ2) is 8.98. The van der Waals surface area contributed by atoms with Gasteiger partial charge in [-0.15, -0.1) is 0 Å². The van der Waals surface area contributed by atoms with Crippen LogP contribution in [0.15, 0.2) is 52.4 Å². The molecule has 1 atom stereocenters. The molecule has 0 bridgehead atoms. The van der Waals surface area contributed by atoms with Gasteiger partial charge in [-0.2, -0.15) is 0 Å². The van der Waals surface area contributed by atoms with Crippen LogP contribution in [-0.4, -0.2) is 43.0 Å². The molecule has 1 amide bonds. The summed E-state index contributed by atoms with van der Waals surface area (Å²) in [5.41, 5.74) is 4.95. The number of thioether (sulfide) groups is 1. The average Bonchev–Trinajstić information content (AvgIpc) is 2.69. The van der Waals surface area contributed by atoms with Gasteiger partial charge in [-0.25, -0.2) is 17.7 Å². The molecule has 6 nitrogen and oxygen atoms in total. The molecule has 0 saturated heterocycles. The molecular weight excluding hydrogens is 430 g/mol. The van der Waals surface area contributed by atoms with Gasteiger partial charge < -0.3 is 5.32 Å². The zero-order valence-electron chi connectivity index (χ0n) is 18.6. The molecule has 3 rings (SSSR count). The fraction of sp³-hybridized carbons (Fsp3) is 0.304. The summed E-state index contributed by atoms with van der Waals surface area (Å²) in [4.78, 5) is 17.6. The topological polar surface area (TPSA) is 79.4 Å². The Labute approximate surface area is 188 Å². The van der Waals surface area contributed by atoms with Gasteiger partial charge in [-0.1, -0.05) is 23.4 Å². The maximum Gasteiger partial charge on any atom is 0.242 e. The van der Waals surface area contributed by atoms with Gasteiger partial charge in [0.1, 0.15) is 0 Å². The molecule has 1 N–H and O–H groups in total. The van der Waals surface area contributed by atoms with Crippen LogP contribution in [0.1, 0.15) is 23.6 Å². The highest BCUT2D eigenvalue weighted by Gasteiger charge is 2.19. The van der Waals surface area contributed by atoms with Crippen molar-refractivity contribution in [2.24, 2.45) is 0 Å². The van der Waals surface area contributed by atoms with Crippen LogP contribution in [0.5, 0.6) is 0 Å². The molecule has 0 aliphatic heterocycles. The number of anilines is 1. The van der Waals surface area contributed by atoms with Gasteiger partial charge in [-0.3, -0.25) is 4.79 Å². The molecule has 1 heterocycles. The molecule has 164 valence electrons. The Morgan fingerprint density at radius 2 is 1.68 bits per heavy atom. The van der Waals surface area contributed by atoms with Crippen LogP contribution in [0, 0.1) is 20.8 Å². The number of rotatable bonds is 6. The van der Waals surface area contributed by atoms with E-state index in [1.807, 2.05) is 19.9 Å². The maximum atomic E-state index is 12.7. The molecule has 0 spiro atoms. The lowest BCUT2D eigenvalue weighted by atomic mass is 10.0. The Hall–Kier alpha value is -2.42. The van der Waals surface area contributed by atoms with Crippen molar-refractivity contribution in [3.8, 4) is 0 Å². The highest BCUT2D eigenvalue weighted by molar-refractivity contribution is 8.00. The third kappa shape index (κ3) is 5.08. The maximum absolute atomic E-state index is 12.7. The Bertz CT molecular complexity index is 1240. The highest BCUT2D eigenvalue weighted by Crippen LogP contribution is 2.29. The molecule has 0 fully saturated rings. The number of sulfonamides is 1. The molecule has 0 radical (unpaired) electrons. The summed E-state index contributed by atoms with van der Waals surface area (Å²) in [7, 11) is -0.537. The first-order valence-electron chi connectivity index (χ1n) is 9.88. The van der Waals surface area contributed by atoms with Crippen molar-refractivity contribution >= 4 is 44.3 Å². The van der Waals surface area contributed by atoms with Crippen LogP contribution in [0.4, 0.5) is 5.69 Å². The molecule has 1 aromatic heterocycles. The molecule has 0 saturated carbocycles. The van der Waals surface area contributed by atoms with Crippen LogP contribution in [0.3, 0.4) is 0 Å². The zero-order valence-corrected chi connectivity index (χ0v) is 20.2. The van der Waals surface area contributed by atoms with Crippen molar-refractivity contribution in [2.45, 2.75) is 42.9 Å². The van der Waals surface area contributed by atoms with Crippen molar-refractivity contribution < 1.29 is 13.2 Å². The number of hydrogen-bond acceptors (Lipinski definition) is 5. The van der Waals surface area contributed by atoms with E-state index in [4.69, 9.17) is 4.98 Å². The van der Waals surface area contributed by atoms with E-state index in [1.165, 1.54) is 43.6 Å². The summed E-state index contributed by atoms with van der Waals surface area (Å²) >= 11 is 1.40. The molecular formula is C23H27N3O3S2. The summed E-state index contributed by atoms with van der Waals surface area (Å²) in [5.74, 6) is -0.173. The van der Waals surface area contributed by atoms with Crippen LogP contribution in [-0.2, 0) is 14.8 Å². The van der Waals surface area contributed by atoms with Gasteiger partial charge in [0, 0.05) is 25.2 Å². The normalized spacial score (nSPS) is 12.9. The number of aryl methyl sites for hydroxylation is 3. The van der Waals surface area contributed by atoms with E-state index in [1.54, 1.807) is 12.1 Å². The molecule has 8 heteroatoms. The van der Waals surface area contributed by atoms with E-state index in [0.717, 1.165) is 31.4 Å².